The van der Waals surface area contributed by atoms with E-state index in [1.165, 1.54) is 7.11 Å². The van der Waals surface area contributed by atoms with Crippen molar-refractivity contribution in [1.29, 1.82) is 5.26 Å². The highest BCUT2D eigenvalue weighted by molar-refractivity contribution is 5.97. The fraction of sp³-hybridized carbons (Fsp3) is 0.333. The highest BCUT2D eigenvalue weighted by Gasteiger charge is 2.13. The van der Waals surface area contributed by atoms with Crippen molar-refractivity contribution >= 4 is 5.91 Å². The molecule has 84 valence electrons. The third-order valence-corrected chi connectivity index (χ3v) is 2.39. The van der Waals surface area contributed by atoms with Gasteiger partial charge in [0.05, 0.1) is 18.7 Å². The summed E-state index contributed by atoms with van der Waals surface area (Å²) in [6.07, 6.45) is 0. The molecule has 0 spiro atoms. The lowest BCUT2D eigenvalue weighted by Gasteiger charge is -2.10. The third-order valence-electron chi connectivity index (χ3n) is 2.39. The van der Waals surface area contributed by atoms with Crippen LogP contribution in [0.25, 0.3) is 0 Å². The van der Waals surface area contributed by atoms with E-state index in [0.29, 0.717) is 11.3 Å². The van der Waals surface area contributed by atoms with Crippen LogP contribution in [0.4, 0.5) is 0 Å². The number of carbonyl (C=O) groups excluding carboxylic acids is 1. The minimum atomic E-state index is -0.290. The number of methoxy groups -OCH3 is 1. The molecule has 1 aromatic carbocycles. The van der Waals surface area contributed by atoms with E-state index in [0.717, 1.165) is 11.1 Å². The van der Waals surface area contributed by atoms with Gasteiger partial charge in [0.1, 0.15) is 12.3 Å². The molecule has 0 radical (unpaired) electrons. The van der Waals surface area contributed by atoms with Gasteiger partial charge >= 0.3 is 0 Å². The predicted octanol–water partition coefficient (Wildman–Crippen LogP) is 1.57. The number of nitrogens with one attached hydrogen (secondary N) is 1. The number of amides is 1. The van der Waals surface area contributed by atoms with Gasteiger partial charge in [-0.2, -0.15) is 5.26 Å². The standard InChI is InChI=1S/C12H14N2O2/c1-8-6-10(12(15)14-5-4-13)11(16-3)7-9(8)2/h6-7H,5H2,1-3H3,(H,14,15). The first kappa shape index (κ1) is 12.1. The van der Waals surface area contributed by atoms with Crippen molar-refractivity contribution < 1.29 is 9.53 Å². The lowest BCUT2D eigenvalue weighted by Crippen LogP contribution is -2.24. The minimum Gasteiger partial charge on any atom is -0.496 e. The van der Waals surface area contributed by atoms with Gasteiger partial charge in [0.25, 0.3) is 5.91 Å². The molecule has 1 N–H and O–H groups in total. The second kappa shape index (κ2) is 5.17. The molecule has 1 amide bonds. The highest BCUT2D eigenvalue weighted by Crippen LogP contribution is 2.22. The molecule has 0 atom stereocenters. The zero-order valence-electron chi connectivity index (χ0n) is 9.63. The van der Waals surface area contributed by atoms with Crippen LogP contribution < -0.4 is 10.1 Å². The molecule has 1 rings (SSSR count). The molecule has 0 fully saturated rings. The Hall–Kier alpha value is -2.02. The van der Waals surface area contributed by atoms with Crippen LogP contribution in [-0.2, 0) is 0 Å². The van der Waals surface area contributed by atoms with Gasteiger partial charge in [0, 0.05) is 0 Å². The van der Waals surface area contributed by atoms with Crippen LogP contribution in [0.5, 0.6) is 5.75 Å². The highest BCUT2D eigenvalue weighted by atomic mass is 16.5. The molecule has 0 aliphatic heterocycles. The maximum absolute atomic E-state index is 11.7. The first-order valence-corrected chi connectivity index (χ1v) is 4.90. The fourth-order valence-corrected chi connectivity index (χ4v) is 1.35. The lowest BCUT2D eigenvalue weighted by atomic mass is 10.0. The Morgan fingerprint density at radius 1 is 1.44 bits per heavy atom. The van der Waals surface area contributed by atoms with Crippen LogP contribution in [0, 0.1) is 25.2 Å². The number of nitrogens with zero attached hydrogens (tertiary/aromatic N) is 1. The van der Waals surface area contributed by atoms with E-state index in [-0.39, 0.29) is 12.5 Å². The number of nitriles is 1. The molecular formula is C12H14N2O2. The molecule has 0 saturated heterocycles. The Morgan fingerprint density at radius 2 is 2.06 bits per heavy atom. The van der Waals surface area contributed by atoms with Crippen molar-refractivity contribution in [2.45, 2.75) is 13.8 Å². The molecule has 0 unspecified atom stereocenters. The van der Waals surface area contributed by atoms with Crippen molar-refractivity contribution in [2.24, 2.45) is 0 Å². The summed E-state index contributed by atoms with van der Waals surface area (Å²) in [7, 11) is 1.52. The van der Waals surface area contributed by atoms with Gasteiger partial charge in [0.15, 0.2) is 0 Å². The Morgan fingerprint density at radius 3 is 2.62 bits per heavy atom. The maximum Gasteiger partial charge on any atom is 0.255 e. The van der Waals surface area contributed by atoms with Crippen LogP contribution in [0.2, 0.25) is 0 Å². The van der Waals surface area contributed by atoms with Crippen molar-refractivity contribution in [3.63, 3.8) is 0 Å². The zero-order valence-corrected chi connectivity index (χ0v) is 9.63. The maximum atomic E-state index is 11.7. The Labute approximate surface area is 94.8 Å². The number of hydrogen-bond donors (Lipinski definition) is 1. The Balaban J connectivity index is 3.07. The van der Waals surface area contributed by atoms with Gasteiger partial charge in [-0.25, -0.2) is 0 Å². The van der Waals surface area contributed by atoms with E-state index in [9.17, 15) is 4.79 Å². The molecule has 0 aliphatic carbocycles. The van der Waals surface area contributed by atoms with Gasteiger partial charge in [-0.1, -0.05) is 0 Å². The minimum absolute atomic E-state index is 0.00505. The summed E-state index contributed by atoms with van der Waals surface area (Å²) in [6.45, 7) is 3.87. The number of ether oxygens (including phenoxy) is 1. The summed E-state index contributed by atoms with van der Waals surface area (Å²) >= 11 is 0. The van der Waals surface area contributed by atoms with Gasteiger partial charge in [-0.3, -0.25) is 4.79 Å². The average Bonchev–Trinajstić information content (AvgIpc) is 2.28. The van der Waals surface area contributed by atoms with E-state index >= 15 is 0 Å². The molecule has 0 saturated carbocycles. The second-order valence-electron chi connectivity index (χ2n) is 3.48. The summed E-state index contributed by atoms with van der Waals surface area (Å²) in [4.78, 5) is 11.7. The normalized spacial score (nSPS) is 9.38. The summed E-state index contributed by atoms with van der Waals surface area (Å²) in [6, 6.07) is 5.44. The molecule has 0 bridgehead atoms. The largest absolute Gasteiger partial charge is 0.496 e. The van der Waals surface area contributed by atoms with Gasteiger partial charge in [-0.05, 0) is 37.1 Å². The van der Waals surface area contributed by atoms with E-state index in [4.69, 9.17) is 10.00 Å². The van der Waals surface area contributed by atoms with Gasteiger partial charge in [-0.15, -0.1) is 0 Å². The van der Waals surface area contributed by atoms with Gasteiger partial charge in [0.2, 0.25) is 0 Å². The first-order valence-electron chi connectivity index (χ1n) is 4.90. The molecular weight excluding hydrogens is 204 g/mol. The molecule has 0 heterocycles. The molecule has 0 aliphatic rings. The average molecular weight is 218 g/mol. The molecule has 4 nitrogen and oxygen atoms in total. The lowest BCUT2D eigenvalue weighted by molar-refractivity contribution is 0.0955. The first-order chi connectivity index (χ1) is 7.60. The zero-order chi connectivity index (χ0) is 12.1. The van der Waals surface area contributed by atoms with E-state index in [2.05, 4.69) is 5.32 Å². The topological polar surface area (TPSA) is 62.1 Å². The van der Waals surface area contributed by atoms with Gasteiger partial charge < -0.3 is 10.1 Å². The number of carbonyl (C=O) groups is 1. The summed E-state index contributed by atoms with van der Waals surface area (Å²) in [5.74, 6) is 0.236. The second-order valence-corrected chi connectivity index (χ2v) is 3.48. The van der Waals surface area contributed by atoms with Crippen LogP contribution in [0.15, 0.2) is 12.1 Å². The predicted molar refractivity (Wildman–Crippen MR) is 60.4 cm³/mol. The third kappa shape index (κ3) is 2.51. The smallest absolute Gasteiger partial charge is 0.255 e. The summed E-state index contributed by atoms with van der Waals surface area (Å²) < 4.78 is 5.14. The molecule has 0 aromatic heterocycles. The van der Waals surface area contributed by atoms with Crippen molar-refractivity contribution in [2.75, 3.05) is 13.7 Å². The SMILES string of the molecule is COc1cc(C)c(C)cc1C(=O)NCC#N. The van der Waals surface area contributed by atoms with Crippen molar-refractivity contribution in [3.05, 3.63) is 28.8 Å². The summed E-state index contributed by atoms with van der Waals surface area (Å²) in [5, 5.41) is 10.9. The molecule has 4 heteroatoms. The molecule has 16 heavy (non-hydrogen) atoms. The quantitative estimate of drug-likeness (QED) is 0.783. The Kier molecular flexibility index (Phi) is 3.90. The number of rotatable bonds is 3. The summed E-state index contributed by atoms with van der Waals surface area (Å²) in [5.41, 5.74) is 2.54. The number of benzene rings is 1. The van der Waals surface area contributed by atoms with Crippen LogP contribution >= 0.6 is 0 Å². The van der Waals surface area contributed by atoms with Crippen molar-refractivity contribution in [1.82, 2.24) is 5.32 Å². The van der Waals surface area contributed by atoms with Crippen LogP contribution in [-0.4, -0.2) is 19.6 Å². The Bertz CT molecular complexity index is 447. The van der Waals surface area contributed by atoms with E-state index in [1.807, 2.05) is 26.0 Å². The van der Waals surface area contributed by atoms with E-state index in [1.54, 1.807) is 6.07 Å². The van der Waals surface area contributed by atoms with E-state index < -0.39 is 0 Å². The fourth-order valence-electron chi connectivity index (χ4n) is 1.35. The number of hydrogen-bond acceptors (Lipinski definition) is 3. The van der Waals surface area contributed by atoms with Crippen LogP contribution in [0.3, 0.4) is 0 Å². The number of aryl methyl sites for hydroxylation is 2. The van der Waals surface area contributed by atoms with Crippen molar-refractivity contribution in [3.8, 4) is 11.8 Å². The molecule has 1 aromatic rings. The monoisotopic (exact) mass is 218 g/mol. The van der Waals surface area contributed by atoms with Crippen LogP contribution in [0.1, 0.15) is 21.5 Å².